The van der Waals surface area contributed by atoms with Crippen molar-refractivity contribution in [2.45, 2.75) is 38.3 Å². The van der Waals surface area contributed by atoms with E-state index < -0.39 is 29.0 Å². The summed E-state index contributed by atoms with van der Waals surface area (Å²) >= 11 is 3.35. The summed E-state index contributed by atoms with van der Waals surface area (Å²) in [5.74, 6) is -1.35. The molecule has 2 atom stereocenters. The minimum atomic E-state index is -1.26. The zero-order chi connectivity index (χ0) is 20.7. The molecule has 1 aromatic rings. The summed E-state index contributed by atoms with van der Waals surface area (Å²) in [6.45, 7) is 5.60. The van der Waals surface area contributed by atoms with E-state index in [1.54, 1.807) is 32.9 Å². The first kappa shape index (κ1) is 20.7. The number of halogens is 2. The molecule has 2 amide bonds. The fourth-order valence-corrected chi connectivity index (χ4v) is 3.83. The molecule has 1 aromatic carbocycles. The van der Waals surface area contributed by atoms with Crippen molar-refractivity contribution < 1.29 is 23.5 Å². The summed E-state index contributed by atoms with van der Waals surface area (Å²) in [5.41, 5.74) is -1.73. The highest BCUT2D eigenvalue weighted by Crippen LogP contribution is 2.44. The van der Waals surface area contributed by atoms with E-state index in [1.165, 1.54) is 18.0 Å². The fourth-order valence-electron chi connectivity index (χ4n) is 3.47. The van der Waals surface area contributed by atoms with Crippen LogP contribution in [0.3, 0.4) is 0 Å². The molecule has 1 N–H and O–H groups in total. The normalized spacial score (nSPS) is 25.1. The number of nitrogens with one attached hydrogen (secondary N) is 1. The van der Waals surface area contributed by atoms with Gasteiger partial charge < -0.3 is 9.47 Å². The molecule has 2 aliphatic heterocycles. The van der Waals surface area contributed by atoms with Crippen LogP contribution in [0.15, 0.2) is 27.7 Å². The van der Waals surface area contributed by atoms with Crippen molar-refractivity contribution in [3.8, 4) is 0 Å². The van der Waals surface area contributed by atoms with E-state index in [1.807, 2.05) is 0 Å². The van der Waals surface area contributed by atoms with Gasteiger partial charge in [-0.2, -0.15) is 0 Å². The van der Waals surface area contributed by atoms with Gasteiger partial charge in [-0.05, 0) is 45.4 Å². The third-order valence-electron chi connectivity index (χ3n) is 4.71. The number of ether oxygens (including phenoxy) is 2. The Bertz CT molecular complexity index is 839. The Hall–Kier alpha value is -2.00. The van der Waals surface area contributed by atoms with Crippen molar-refractivity contribution in [2.75, 3.05) is 20.3 Å². The van der Waals surface area contributed by atoms with Gasteiger partial charge in [-0.25, -0.2) is 14.2 Å². The van der Waals surface area contributed by atoms with Crippen LogP contribution in [0.4, 0.5) is 9.18 Å². The number of aliphatic imine (C=N–C) groups is 1. The number of rotatable bonds is 1. The molecule has 152 valence electrons. The topological polar surface area (TPSA) is 80.2 Å². The van der Waals surface area contributed by atoms with Gasteiger partial charge in [0.15, 0.2) is 0 Å². The van der Waals surface area contributed by atoms with Gasteiger partial charge in [0.25, 0.3) is 0 Å². The second-order valence-corrected chi connectivity index (χ2v) is 8.82. The number of carbonyl (C=O) groups excluding carboxylic acids is 2. The van der Waals surface area contributed by atoms with Gasteiger partial charge in [0.1, 0.15) is 17.0 Å². The standard InChI is InChI=1S/C19H23BrFN3O4/c1-18(2,3)28-17(26)22-16-23-19(13-9-11(20)5-6-14(13)21)10-27-8-7-12(19)15(25)24(16)4/h5-6,9,12H,7-8,10H2,1-4H3,(H,22,23,26)/t12-,19-/m0/s1. The minimum absolute atomic E-state index is 0.000348. The highest BCUT2D eigenvalue weighted by atomic mass is 79.9. The second kappa shape index (κ2) is 7.44. The largest absolute Gasteiger partial charge is 0.444 e. The molecule has 7 nitrogen and oxygen atoms in total. The monoisotopic (exact) mass is 455 g/mol. The lowest BCUT2D eigenvalue weighted by molar-refractivity contribution is -0.140. The lowest BCUT2D eigenvalue weighted by Crippen LogP contribution is -2.60. The predicted octanol–water partition coefficient (Wildman–Crippen LogP) is 3.17. The number of amides is 2. The number of guanidine groups is 1. The first-order valence-electron chi connectivity index (χ1n) is 8.94. The Balaban J connectivity index is 2.08. The zero-order valence-electron chi connectivity index (χ0n) is 16.2. The van der Waals surface area contributed by atoms with E-state index >= 15 is 0 Å². The van der Waals surface area contributed by atoms with Gasteiger partial charge in [-0.15, -0.1) is 0 Å². The molecule has 0 unspecified atom stereocenters. The van der Waals surface area contributed by atoms with Gasteiger partial charge in [-0.3, -0.25) is 15.0 Å². The van der Waals surface area contributed by atoms with Crippen LogP contribution in [0.25, 0.3) is 0 Å². The van der Waals surface area contributed by atoms with E-state index in [-0.39, 0.29) is 24.0 Å². The zero-order valence-corrected chi connectivity index (χ0v) is 17.8. The smallest absolute Gasteiger partial charge is 0.414 e. The number of benzene rings is 1. The molecular weight excluding hydrogens is 433 g/mol. The molecule has 2 heterocycles. The molecule has 28 heavy (non-hydrogen) atoms. The predicted molar refractivity (Wildman–Crippen MR) is 104 cm³/mol. The quantitative estimate of drug-likeness (QED) is 0.704. The molecule has 0 aliphatic carbocycles. The third-order valence-corrected chi connectivity index (χ3v) is 5.20. The van der Waals surface area contributed by atoms with Crippen molar-refractivity contribution in [3.63, 3.8) is 0 Å². The molecule has 0 spiro atoms. The Morgan fingerprint density at radius 3 is 2.86 bits per heavy atom. The summed E-state index contributed by atoms with van der Waals surface area (Å²) in [6, 6.07) is 4.50. The van der Waals surface area contributed by atoms with E-state index in [0.717, 1.165) is 0 Å². The van der Waals surface area contributed by atoms with Crippen LogP contribution in [0.5, 0.6) is 0 Å². The van der Waals surface area contributed by atoms with Crippen LogP contribution in [-0.4, -0.2) is 48.7 Å². The lowest BCUT2D eigenvalue weighted by atomic mass is 9.74. The van der Waals surface area contributed by atoms with Gasteiger partial charge in [0, 0.05) is 23.7 Å². The number of fused-ring (bicyclic) bond motifs is 1. The van der Waals surface area contributed by atoms with E-state index in [2.05, 4.69) is 26.2 Å². The maximum absolute atomic E-state index is 14.8. The average molecular weight is 456 g/mol. The van der Waals surface area contributed by atoms with Crippen molar-refractivity contribution in [3.05, 3.63) is 34.1 Å². The summed E-state index contributed by atoms with van der Waals surface area (Å²) in [5, 5.41) is 2.52. The van der Waals surface area contributed by atoms with Crippen molar-refractivity contribution >= 4 is 33.9 Å². The second-order valence-electron chi connectivity index (χ2n) is 7.90. The average Bonchev–Trinajstić information content (AvgIpc) is 2.60. The van der Waals surface area contributed by atoms with Crippen LogP contribution in [-0.2, 0) is 19.8 Å². The SMILES string of the molecule is CN1C(=O)[C@@H]2CCOC[C@]2(c2cc(Br)ccc2F)N=C1NC(=O)OC(C)(C)C. The molecule has 1 saturated heterocycles. The number of carbonyl (C=O) groups is 2. The van der Waals surface area contributed by atoms with E-state index in [9.17, 15) is 14.0 Å². The summed E-state index contributed by atoms with van der Waals surface area (Å²) in [4.78, 5) is 31.2. The highest BCUT2D eigenvalue weighted by Gasteiger charge is 2.53. The van der Waals surface area contributed by atoms with Crippen LogP contribution >= 0.6 is 15.9 Å². The van der Waals surface area contributed by atoms with Gasteiger partial charge >= 0.3 is 6.09 Å². The molecule has 1 fully saturated rings. The highest BCUT2D eigenvalue weighted by molar-refractivity contribution is 9.10. The molecule has 2 aliphatic rings. The minimum Gasteiger partial charge on any atom is -0.444 e. The molecule has 3 rings (SSSR count). The van der Waals surface area contributed by atoms with Gasteiger partial charge in [0.05, 0.1) is 12.5 Å². The van der Waals surface area contributed by atoms with Crippen LogP contribution in [0, 0.1) is 11.7 Å². The summed E-state index contributed by atoms with van der Waals surface area (Å²) in [7, 11) is 1.52. The van der Waals surface area contributed by atoms with Crippen LogP contribution < -0.4 is 5.32 Å². The van der Waals surface area contributed by atoms with Crippen molar-refractivity contribution in [1.29, 1.82) is 0 Å². The number of nitrogens with zero attached hydrogens (tertiary/aromatic N) is 2. The Kier molecular flexibility index (Phi) is 5.51. The van der Waals surface area contributed by atoms with Crippen molar-refractivity contribution in [1.82, 2.24) is 10.2 Å². The van der Waals surface area contributed by atoms with Gasteiger partial charge in [0.2, 0.25) is 11.9 Å². The van der Waals surface area contributed by atoms with E-state index in [0.29, 0.717) is 17.5 Å². The number of hydrogen-bond acceptors (Lipinski definition) is 5. The molecule has 0 saturated carbocycles. The molecular formula is C19H23BrFN3O4. The van der Waals surface area contributed by atoms with Gasteiger partial charge in [-0.1, -0.05) is 15.9 Å². The lowest BCUT2D eigenvalue weighted by Gasteiger charge is -2.45. The van der Waals surface area contributed by atoms with Crippen LogP contribution in [0.1, 0.15) is 32.8 Å². The maximum atomic E-state index is 14.8. The molecule has 0 bridgehead atoms. The molecule has 0 aromatic heterocycles. The molecule has 0 radical (unpaired) electrons. The van der Waals surface area contributed by atoms with Crippen LogP contribution in [0.2, 0.25) is 0 Å². The Morgan fingerprint density at radius 1 is 1.46 bits per heavy atom. The Labute approximate surface area is 171 Å². The molecule has 9 heteroatoms. The number of hydrogen-bond donors (Lipinski definition) is 1. The first-order chi connectivity index (χ1) is 13.0. The fraction of sp³-hybridized carbons (Fsp3) is 0.526. The summed E-state index contributed by atoms with van der Waals surface area (Å²) < 4.78 is 26.3. The van der Waals surface area contributed by atoms with Crippen molar-refractivity contribution in [2.24, 2.45) is 10.9 Å². The number of alkyl carbamates (subject to hydrolysis) is 1. The maximum Gasteiger partial charge on any atom is 0.414 e. The first-order valence-corrected chi connectivity index (χ1v) is 9.73. The Morgan fingerprint density at radius 2 is 2.18 bits per heavy atom. The third kappa shape index (κ3) is 3.91. The van der Waals surface area contributed by atoms with E-state index in [4.69, 9.17) is 9.47 Å². The summed E-state index contributed by atoms with van der Waals surface area (Å²) in [6.07, 6.45) is -0.343.